The number of nitrogens with two attached hydrogens (primary N) is 1. The van der Waals surface area contributed by atoms with E-state index in [2.05, 4.69) is 22.4 Å². The SMILES string of the molecule is CCCc1cc(NC(=O)c2sccc2N)n[nH]1. The average molecular weight is 250 g/mol. The first-order valence-electron chi connectivity index (χ1n) is 5.39. The predicted octanol–water partition coefficient (Wildman–Crippen LogP) is 2.26. The number of hydrogen-bond donors (Lipinski definition) is 3. The minimum absolute atomic E-state index is 0.216. The van der Waals surface area contributed by atoms with Gasteiger partial charge in [0.25, 0.3) is 5.91 Å². The van der Waals surface area contributed by atoms with E-state index in [1.165, 1.54) is 11.3 Å². The van der Waals surface area contributed by atoms with Crippen molar-refractivity contribution in [2.24, 2.45) is 0 Å². The normalized spacial score (nSPS) is 10.4. The zero-order valence-corrected chi connectivity index (χ0v) is 10.3. The fourth-order valence-corrected chi connectivity index (χ4v) is 2.21. The molecule has 0 atom stereocenters. The molecule has 17 heavy (non-hydrogen) atoms. The van der Waals surface area contributed by atoms with E-state index in [-0.39, 0.29) is 5.91 Å². The molecule has 90 valence electrons. The van der Waals surface area contributed by atoms with Crippen LogP contribution in [-0.2, 0) is 6.42 Å². The van der Waals surface area contributed by atoms with Crippen LogP contribution in [0.2, 0.25) is 0 Å². The Morgan fingerprint density at radius 1 is 1.65 bits per heavy atom. The van der Waals surface area contributed by atoms with Crippen LogP contribution in [-0.4, -0.2) is 16.1 Å². The molecule has 0 fully saturated rings. The molecule has 2 rings (SSSR count). The number of carbonyl (C=O) groups excluding carboxylic acids is 1. The summed E-state index contributed by atoms with van der Waals surface area (Å²) in [4.78, 5) is 12.3. The quantitative estimate of drug-likeness (QED) is 0.778. The zero-order valence-electron chi connectivity index (χ0n) is 9.49. The van der Waals surface area contributed by atoms with Crippen molar-refractivity contribution in [3.8, 4) is 0 Å². The first-order chi connectivity index (χ1) is 8.20. The van der Waals surface area contributed by atoms with Crippen LogP contribution in [0.25, 0.3) is 0 Å². The van der Waals surface area contributed by atoms with E-state index in [1.807, 2.05) is 6.07 Å². The molecule has 6 heteroatoms. The van der Waals surface area contributed by atoms with Crippen LogP contribution in [0, 0.1) is 0 Å². The van der Waals surface area contributed by atoms with E-state index in [9.17, 15) is 4.79 Å². The number of anilines is 2. The Balaban J connectivity index is 2.05. The van der Waals surface area contributed by atoms with E-state index < -0.39 is 0 Å². The highest BCUT2D eigenvalue weighted by molar-refractivity contribution is 7.12. The Hall–Kier alpha value is -1.82. The van der Waals surface area contributed by atoms with Crippen molar-refractivity contribution in [3.63, 3.8) is 0 Å². The summed E-state index contributed by atoms with van der Waals surface area (Å²) >= 11 is 1.32. The van der Waals surface area contributed by atoms with Gasteiger partial charge >= 0.3 is 0 Å². The summed E-state index contributed by atoms with van der Waals surface area (Å²) in [5, 5.41) is 11.4. The van der Waals surface area contributed by atoms with Gasteiger partial charge in [-0.15, -0.1) is 11.3 Å². The van der Waals surface area contributed by atoms with Crippen molar-refractivity contribution < 1.29 is 4.79 Å². The highest BCUT2D eigenvalue weighted by Gasteiger charge is 2.12. The molecule has 0 aliphatic rings. The molecule has 0 aliphatic heterocycles. The largest absolute Gasteiger partial charge is 0.397 e. The zero-order chi connectivity index (χ0) is 12.3. The maximum atomic E-state index is 11.8. The average Bonchev–Trinajstić information content (AvgIpc) is 2.88. The van der Waals surface area contributed by atoms with E-state index >= 15 is 0 Å². The Morgan fingerprint density at radius 3 is 3.12 bits per heavy atom. The van der Waals surface area contributed by atoms with Crippen molar-refractivity contribution in [1.29, 1.82) is 0 Å². The predicted molar refractivity (Wildman–Crippen MR) is 69.3 cm³/mol. The van der Waals surface area contributed by atoms with Crippen molar-refractivity contribution in [3.05, 3.63) is 28.1 Å². The number of hydrogen-bond acceptors (Lipinski definition) is 4. The van der Waals surface area contributed by atoms with Crippen LogP contribution < -0.4 is 11.1 Å². The number of nitrogens with zero attached hydrogens (tertiary/aromatic N) is 1. The summed E-state index contributed by atoms with van der Waals surface area (Å²) in [7, 11) is 0. The maximum absolute atomic E-state index is 11.8. The molecule has 2 aromatic rings. The third-order valence-corrected chi connectivity index (χ3v) is 3.22. The lowest BCUT2D eigenvalue weighted by Crippen LogP contribution is -2.12. The molecule has 0 aliphatic carbocycles. The minimum Gasteiger partial charge on any atom is -0.397 e. The number of aromatic nitrogens is 2. The standard InChI is InChI=1S/C11H14N4OS/c1-2-3-7-6-9(15-14-7)13-11(16)10-8(12)4-5-17-10/h4-6H,2-3,12H2,1H3,(H2,13,14,15,16). The number of H-pyrrole nitrogens is 1. The number of thiophene rings is 1. The van der Waals surface area contributed by atoms with E-state index in [0.29, 0.717) is 16.4 Å². The smallest absolute Gasteiger partial charge is 0.269 e. The number of amides is 1. The maximum Gasteiger partial charge on any atom is 0.269 e. The van der Waals surface area contributed by atoms with Gasteiger partial charge < -0.3 is 11.1 Å². The number of nitrogens with one attached hydrogen (secondary N) is 2. The number of aromatic amines is 1. The molecule has 0 saturated heterocycles. The minimum atomic E-state index is -0.216. The van der Waals surface area contributed by atoms with Gasteiger partial charge in [-0.1, -0.05) is 13.3 Å². The molecule has 4 N–H and O–H groups in total. The molecule has 2 aromatic heterocycles. The molecule has 5 nitrogen and oxygen atoms in total. The molecule has 0 aromatic carbocycles. The molecular formula is C11H14N4OS. The van der Waals surface area contributed by atoms with Crippen LogP contribution in [0.5, 0.6) is 0 Å². The summed E-state index contributed by atoms with van der Waals surface area (Å²) in [6, 6.07) is 3.55. The molecule has 2 heterocycles. The summed E-state index contributed by atoms with van der Waals surface area (Å²) in [6.07, 6.45) is 1.96. The van der Waals surface area contributed by atoms with E-state index in [4.69, 9.17) is 5.73 Å². The second kappa shape index (κ2) is 5.01. The Morgan fingerprint density at radius 2 is 2.47 bits per heavy atom. The summed E-state index contributed by atoms with van der Waals surface area (Å²) in [5.74, 6) is 0.318. The second-order valence-corrected chi connectivity index (χ2v) is 4.60. The fraction of sp³-hybridized carbons (Fsp3) is 0.273. The van der Waals surface area contributed by atoms with Gasteiger partial charge in [0.2, 0.25) is 0 Å². The molecule has 0 saturated carbocycles. The number of rotatable bonds is 4. The third kappa shape index (κ3) is 2.65. The molecule has 1 amide bonds. The lowest BCUT2D eigenvalue weighted by atomic mass is 10.2. The Kier molecular flexibility index (Phi) is 3.43. The fourth-order valence-electron chi connectivity index (χ4n) is 1.50. The van der Waals surface area contributed by atoms with Crippen molar-refractivity contribution in [1.82, 2.24) is 10.2 Å². The highest BCUT2D eigenvalue weighted by atomic mass is 32.1. The van der Waals surface area contributed by atoms with Crippen LogP contribution in [0.4, 0.5) is 11.5 Å². The van der Waals surface area contributed by atoms with Gasteiger partial charge in [0.1, 0.15) is 4.88 Å². The van der Waals surface area contributed by atoms with Gasteiger partial charge in [-0.3, -0.25) is 9.89 Å². The van der Waals surface area contributed by atoms with Gasteiger partial charge in [-0.25, -0.2) is 0 Å². The summed E-state index contributed by atoms with van der Waals surface area (Å²) in [5.41, 5.74) is 7.18. The van der Waals surface area contributed by atoms with Gasteiger partial charge in [0, 0.05) is 11.8 Å². The Labute approximate surface area is 103 Å². The molecule has 0 radical (unpaired) electrons. The molecule has 0 unspecified atom stereocenters. The molecular weight excluding hydrogens is 236 g/mol. The number of nitrogen functional groups attached to an aromatic ring is 1. The molecule has 0 spiro atoms. The van der Waals surface area contributed by atoms with Crippen molar-refractivity contribution in [2.75, 3.05) is 11.1 Å². The van der Waals surface area contributed by atoms with Gasteiger partial charge in [-0.2, -0.15) is 5.10 Å². The van der Waals surface area contributed by atoms with E-state index in [1.54, 1.807) is 11.4 Å². The van der Waals surface area contributed by atoms with Gasteiger partial charge in [0.05, 0.1) is 5.69 Å². The topological polar surface area (TPSA) is 83.8 Å². The number of carbonyl (C=O) groups is 1. The van der Waals surface area contributed by atoms with Gasteiger partial charge in [0.15, 0.2) is 5.82 Å². The summed E-state index contributed by atoms with van der Waals surface area (Å²) in [6.45, 7) is 2.09. The number of aryl methyl sites for hydroxylation is 1. The van der Waals surface area contributed by atoms with Crippen LogP contribution in [0.15, 0.2) is 17.5 Å². The van der Waals surface area contributed by atoms with Crippen LogP contribution >= 0.6 is 11.3 Å². The van der Waals surface area contributed by atoms with Gasteiger partial charge in [-0.05, 0) is 17.9 Å². The van der Waals surface area contributed by atoms with E-state index in [0.717, 1.165) is 18.5 Å². The summed E-state index contributed by atoms with van der Waals surface area (Å²) < 4.78 is 0. The lowest BCUT2D eigenvalue weighted by Gasteiger charge is -1.99. The third-order valence-electron chi connectivity index (χ3n) is 2.29. The Bertz CT molecular complexity index is 517. The first kappa shape index (κ1) is 11.7. The van der Waals surface area contributed by atoms with Crippen molar-refractivity contribution >= 4 is 28.7 Å². The monoisotopic (exact) mass is 250 g/mol. The van der Waals surface area contributed by atoms with Crippen LogP contribution in [0.1, 0.15) is 28.7 Å². The first-order valence-corrected chi connectivity index (χ1v) is 6.27. The van der Waals surface area contributed by atoms with Crippen molar-refractivity contribution in [2.45, 2.75) is 19.8 Å². The van der Waals surface area contributed by atoms with Crippen LogP contribution in [0.3, 0.4) is 0 Å². The highest BCUT2D eigenvalue weighted by Crippen LogP contribution is 2.20. The lowest BCUT2D eigenvalue weighted by molar-refractivity contribution is 0.103. The molecule has 0 bridgehead atoms. The second-order valence-electron chi connectivity index (χ2n) is 3.69.